The van der Waals surface area contributed by atoms with E-state index < -0.39 is 0 Å². The van der Waals surface area contributed by atoms with Crippen LogP contribution in [0.25, 0.3) is 0 Å². The topological polar surface area (TPSA) is 65.7 Å². The van der Waals surface area contributed by atoms with E-state index in [0.717, 1.165) is 36.2 Å². The molecule has 0 amide bonds. The molecule has 0 bridgehead atoms. The number of rotatable bonds is 7. The van der Waals surface area contributed by atoms with Crippen molar-refractivity contribution in [3.05, 3.63) is 48.0 Å². The van der Waals surface area contributed by atoms with E-state index in [1.807, 2.05) is 49.3 Å². The molecule has 1 aliphatic carbocycles. The van der Waals surface area contributed by atoms with E-state index in [0.29, 0.717) is 12.6 Å². The number of halogens is 1. The fraction of sp³-hybridized carbons (Fsp3) is 0.500. The number of nitrogens with zero attached hydrogens (tertiary/aromatic N) is 3. The average Bonchev–Trinajstić information content (AvgIpc) is 3.33. The number of hydrogen-bond donors (Lipinski definition) is 2. The number of anilines is 1. The summed E-state index contributed by atoms with van der Waals surface area (Å²) >= 11 is 0. The average molecular weight is 483 g/mol. The summed E-state index contributed by atoms with van der Waals surface area (Å²) in [5.41, 5.74) is 0.967. The second-order valence-electron chi connectivity index (χ2n) is 6.93. The van der Waals surface area contributed by atoms with Crippen molar-refractivity contribution in [3.63, 3.8) is 0 Å². The minimum absolute atomic E-state index is 0. The molecule has 2 N–H and O–H groups in total. The first-order valence-electron chi connectivity index (χ1n) is 9.41. The molecule has 2 aromatic rings. The van der Waals surface area contributed by atoms with Crippen LogP contribution in [-0.2, 0) is 13.0 Å². The molecule has 2 heterocycles. The number of pyridine rings is 1. The molecular weight excluding hydrogens is 453 g/mol. The van der Waals surface area contributed by atoms with Gasteiger partial charge >= 0.3 is 0 Å². The van der Waals surface area contributed by atoms with Gasteiger partial charge in [0.25, 0.3) is 0 Å². The summed E-state index contributed by atoms with van der Waals surface area (Å²) in [7, 11) is 4.00. The standard InChI is InChI=1S/C20H29N5O.HI/c1-25(2)19-11-5-9-17(23-19)15-22-20(24-16-7-3-4-8-16)21-13-12-18-10-6-14-26-18;/h5-6,9-11,14,16H,3-4,7-8,12-13,15H2,1-2H3,(H2,21,22,24);1H. The van der Waals surface area contributed by atoms with Crippen LogP contribution in [0.2, 0.25) is 0 Å². The van der Waals surface area contributed by atoms with Crippen LogP contribution in [0.3, 0.4) is 0 Å². The van der Waals surface area contributed by atoms with Gasteiger partial charge < -0.3 is 20.0 Å². The minimum Gasteiger partial charge on any atom is -0.469 e. The lowest BCUT2D eigenvalue weighted by molar-refractivity contribution is 0.506. The van der Waals surface area contributed by atoms with Gasteiger partial charge in [-0.1, -0.05) is 18.9 Å². The number of nitrogens with one attached hydrogen (secondary N) is 2. The summed E-state index contributed by atoms with van der Waals surface area (Å²) in [6.07, 6.45) is 7.57. The first-order valence-corrected chi connectivity index (χ1v) is 9.41. The Morgan fingerprint density at radius 2 is 2.04 bits per heavy atom. The van der Waals surface area contributed by atoms with Gasteiger partial charge in [0.05, 0.1) is 18.5 Å². The van der Waals surface area contributed by atoms with Gasteiger partial charge in [0, 0.05) is 33.1 Å². The first-order chi connectivity index (χ1) is 12.7. The summed E-state index contributed by atoms with van der Waals surface area (Å²) in [6.45, 7) is 1.35. The van der Waals surface area contributed by atoms with Crippen molar-refractivity contribution in [2.75, 3.05) is 25.5 Å². The molecule has 0 aromatic carbocycles. The molecule has 2 aromatic heterocycles. The van der Waals surface area contributed by atoms with E-state index in [9.17, 15) is 0 Å². The monoisotopic (exact) mass is 483 g/mol. The zero-order valence-corrected chi connectivity index (χ0v) is 18.5. The molecule has 0 aliphatic heterocycles. The van der Waals surface area contributed by atoms with Gasteiger partial charge in [0.15, 0.2) is 5.96 Å². The second kappa shape index (κ2) is 11.2. The van der Waals surface area contributed by atoms with Crippen molar-refractivity contribution >= 4 is 35.8 Å². The Bertz CT molecular complexity index is 696. The molecule has 6 nitrogen and oxygen atoms in total. The SMILES string of the molecule is CN(C)c1cccc(CN=C(NCCc2ccco2)NC2CCCC2)n1.I. The fourth-order valence-corrected chi connectivity index (χ4v) is 3.14. The van der Waals surface area contributed by atoms with Crippen molar-refractivity contribution in [3.8, 4) is 0 Å². The van der Waals surface area contributed by atoms with Crippen LogP contribution in [0.1, 0.15) is 37.1 Å². The summed E-state index contributed by atoms with van der Waals surface area (Å²) in [5, 5.41) is 7.01. The lowest BCUT2D eigenvalue weighted by Crippen LogP contribution is -2.43. The number of aliphatic imine (C=N–C) groups is 1. The maximum absolute atomic E-state index is 5.40. The highest BCUT2D eigenvalue weighted by Crippen LogP contribution is 2.17. The molecule has 0 radical (unpaired) electrons. The van der Waals surface area contributed by atoms with Gasteiger partial charge in [-0.3, -0.25) is 0 Å². The van der Waals surface area contributed by atoms with Crippen molar-refractivity contribution < 1.29 is 4.42 Å². The van der Waals surface area contributed by atoms with E-state index in [1.54, 1.807) is 6.26 Å². The Hall–Kier alpha value is -1.77. The van der Waals surface area contributed by atoms with Crippen molar-refractivity contribution in [2.24, 2.45) is 4.99 Å². The number of furan rings is 1. The molecule has 3 rings (SSSR count). The summed E-state index contributed by atoms with van der Waals surface area (Å²) in [6, 6.07) is 10.5. The molecule has 148 valence electrons. The van der Waals surface area contributed by atoms with E-state index >= 15 is 0 Å². The van der Waals surface area contributed by atoms with E-state index in [-0.39, 0.29) is 24.0 Å². The van der Waals surface area contributed by atoms with E-state index in [2.05, 4.69) is 15.6 Å². The molecule has 1 aliphatic rings. The molecule has 27 heavy (non-hydrogen) atoms. The van der Waals surface area contributed by atoms with Crippen LogP contribution in [-0.4, -0.2) is 37.6 Å². The van der Waals surface area contributed by atoms with E-state index in [4.69, 9.17) is 9.41 Å². The van der Waals surface area contributed by atoms with Gasteiger partial charge in [0.1, 0.15) is 11.6 Å². The lowest BCUT2D eigenvalue weighted by Gasteiger charge is -2.17. The number of guanidine groups is 1. The zero-order valence-electron chi connectivity index (χ0n) is 16.1. The Morgan fingerprint density at radius 3 is 2.74 bits per heavy atom. The Morgan fingerprint density at radius 1 is 1.22 bits per heavy atom. The van der Waals surface area contributed by atoms with Crippen LogP contribution >= 0.6 is 24.0 Å². The zero-order chi connectivity index (χ0) is 18.2. The third-order valence-corrected chi connectivity index (χ3v) is 4.59. The molecule has 1 fully saturated rings. The van der Waals surface area contributed by atoms with Gasteiger partial charge in [-0.2, -0.15) is 0 Å². The number of hydrogen-bond acceptors (Lipinski definition) is 4. The molecule has 0 saturated heterocycles. The Balaban J connectivity index is 0.00000261. The van der Waals surface area contributed by atoms with Crippen LogP contribution in [0.4, 0.5) is 5.82 Å². The third kappa shape index (κ3) is 7.04. The molecular formula is C20H30IN5O. The van der Waals surface area contributed by atoms with Gasteiger partial charge in [0.2, 0.25) is 0 Å². The summed E-state index contributed by atoms with van der Waals surface area (Å²) in [4.78, 5) is 11.4. The highest BCUT2D eigenvalue weighted by Gasteiger charge is 2.16. The molecule has 1 saturated carbocycles. The maximum Gasteiger partial charge on any atom is 0.191 e. The normalized spacial score (nSPS) is 14.7. The second-order valence-corrected chi connectivity index (χ2v) is 6.93. The lowest BCUT2D eigenvalue weighted by atomic mass is 10.2. The predicted molar refractivity (Wildman–Crippen MR) is 121 cm³/mol. The van der Waals surface area contributed by atoms with Crippen LogP contribution in [0, 0.1) is 0 Å². The van der Waals surface area contributed by atoms with Crippen molar-refractivity contribution in [1.29, 1.82) is 0 Å². The summed E-state index contributed by atoms with van der Waals surface area (Å²) in [5.74, 6) is 2.80. The molecule has 0 unspecified atom stereocenters. The quantitative estimate of drug-likeness (QED) is 0.358. The van der Waals surface area contributed by atoms with Gasteiger partial charge in [-0.15, -0.1) is 24.0 Å². The van der Waals surface area contributed by atoms with Crippen LogP contribution < -0.4 is 15.5 Å². The highest BCUT2D eigenvalue weighted by molar-refractivity contribution is 14.0. The molecule has 0 atom stereocenters. The molecule has 0 spiro atoms. The van der Waals surface area contributed by atoms with Gasteiger partial charge in [-0.05, 0) is 37.1 Å². The van der Waals surface area contributed by atoms with Gasteiger partial charge in [-0.25, -0.2) is 9.98 Å². The fourth-order valence-electron chi connectivity index (χ4n) is 3.14. The summed E-state index contributed by atoms with van der Waals surface area (Å²) < 4.78 is 5.40. The maximum atomic E-state index is 5.40. The van der Waals surface area contributed by atoms with Crippen molar-refractivity contribution in [1.82, 2.24) is 15.6 Å². The minimum atomic E-state index is 0. The van der Waals surface area contributed by atoms with Crippen molar-refractivity contribution in [2.45, 2.75) is 44.7 Å². The smallest absolute Gasteiger partial charge is 0.191 e. The molecule has 7 heteroatoms. The van der Waals surface area contributed by atoms with E-state index in [1.165, 1.54) is 25.7 Å². The van der Waals surface area contributed by atoms with Crippen LogP contribution in [0.15, 0.2) is 46.0 Å². The third-order valence-electron chi connectivity index (χ3n) is 4.59. The largest absolute Gasteiger partial charge is 0.469 e. The highest BCUT2D eigenvalue weighted by atomic mass is 127. The van der Waals surface area contributed by atoms with Crippen LogP contribution in [0.5, 0.6) is 0 Å². The Kier molecular flexibility index (Phi) is 8.90. The first kappa shape index (κ1) is 21.5. The Labute approximate surface area is 178 Å². The predicted octanol–water partition coefficient (Wildman–Crippen LogP) is 3.58. The number of aromatic nitrogens is 1.